The van der Waals surface area contributed by atoms with Crippen LogP contribution in [0.15, 0.2) is 77.7 Å². The van der Waals surface area contributed by atoms with Crippen molar-refractivity contribution in [1.82, 2.24) is 14.5 Å². The van der Waals surface area contributed by atoms with Crippen molar-refractivity contribution in [2.75, 3.05) is 20.2 Å². The van der Waals surface area contributed by atoms with E-state index in [0.29, 0.717) is 17.9 Å². The van der Waals surface area contributed by atoms with Crippen LogP contribution in [0.4, 0.5) is 4.39 Å². The van der Waals surface area contributed by atoms with Crippen molar-refractivity contribution in [2.24, 2.45) is 5.73 Å². The van der Waals surface area contributed by atoms with Crippen LogP contribution in [-0.2, 0) is 39.1 Å². The average molecular weight is 541 g/mol. The van der Waals surface area contributed by atoms with Gasteiger partial charge in [-0.25, -0.2) is 12.8 Å². The average Bonchev–Trinajstić information content (AvgIpc) is 3.39. The molecule has 0 aromatic heterocycles. The van der Waals surface area contributed by atoms with E-state index in [-0.39, 0.29) is 31.0 Å². The fourth-order valence-electron chi connectivity index (χ4n) is 4.34. The molecule has 4 rings (SSSR count). The Bertz CT molecular complexity index is 1410. The molecule has 0 saturated carbocycles. The Labute approximate surface area is 221 Å². The summed E-state index contributed by atoms with van der Waals surface area (Å²) in [6.45, 7) is 0.375. The van der Waals surface area contributed by atoms with Crippen LogP contribution in [0.3, 0.4) is 0 Å². The first-order valence-corrected chi connectivity index (χ1v) is 13.4. The predicted octanol–water partition coefficient (Wildman–Crippen LogP) is 2.01. The van der Waals surface area contributed by atoms with Gasteiger partial charge in [0.2, 0.25) is 15.9 Å². The van der Waals surface area contributed by atoms with Crippen LogP contribution in [0.25, 0.3) is 0 Å². The fraction of sp³-hybridized carbons (Fsp3) is 0.259. The number of carbonyl (C=O) groups is 2. The van der Waals surface area contributed by atoms with Gasteiger partial charge in [-0.15, -0.1) is 0 Å². The number of hydrogen-bond acceptors (Lipinski definition) is 6. The number of methoxy groups -OCH3 is 1. The molecule has 1 aliphatic rings. The lowest BCUT2D eigenvalue weighted by atomic mass is 10.1. The zero-order valence-corrected chi connectivity index (χ0v) is 21.7. The molecule has 1 fully saturated rings. The fourth-order valence-corrected chi connectivity index (χ4v) is 5.88. The molecular weight excluding hydrogens is 511 g/mol. The van der Waals surface area contributed by atoms with E-state index in [2.05, 4.69) is 5.32 Å². The third-order valence-electron chi connectivity index (χ3n) is 6.29. The van der Waals surface area contributed by atoms with Gasteiger partial charge in [-0.2, -0.15) is 4.31 Å². The number of hydrogen-bond donors (Lipinski definition) is 2. The maximum atomic E-state index is 13.5. The third kappa shape index (κ3) is 6.01. The third-order valence-corrected chi connectivity index (χ3v) is 8.16. The van der Waals surface area contributed by atoms with Gasteiger partial charge in [0.15, 0.2) is 6.17 Å². The van der Waals surface area contributed by atoms with Crippen LogP contribution in [0.5, 0.6) is 5.75 Å². The Balaban J connectivity index is 1.61. The minimum Gasteiger partial charge on any atom is -0.497 e. The number of benzene rings is 3. The van der Waals surface area contributed by atoms with Gasteiger partial charge in [-0.1, -0.05) is 36.4 Å². The second-order valence-electron chi connectivity index (χ2n) is 8.80. The highest BCUT2D eigenvalue weighted by molar-refractivity contribution is 7.89. The lowest BCUT2D eigenvalue weighted by molar-refractivity contribution is -0.140. The molecule has 0 spiro atoms. The van der Waals surface area contributed by atoms with Gasteiger partial charge in [0.1, 0.15) is 11.6 Å². The molecule has 3 N–H and O–H groups in total. The molecule has 11 heteroatoms. The van der Waals surface area contributed by atoms with Gasteiger partial charge in [0, 0.05) is 26.2 Å². The van der Waals surface area contributed by atoms with Crippen LogP contribution in [0.2, 0.25) is 0 Å². The summed E-state index contributed by atoms with van der Waals surface area (Å²) in [5.74, 6) is -1.08. The molecule has 38 heavy (non-hydrogen) atoms. The molecule has 1 unspecified atom stereocenters. The summed E-state index contributed by atoms with van der Waals surface area (Å²) in [7, 11) is -2.70. The molecule has 2 amide bonds. The number of sulfonamides is 1. The quantitative estimate of drug-likeness (QED) is 0.428. The zero-order chi connectivity index (χ0) is 27.3. The number of rotatable bonds is 9. The van der Waals surface area contributed by atoms with Crippen LogP contribution >= 0.6 is 0 Å². The van der Waals surface area contributed by atoms with Crippen molar-refractivity contribution in [3.8, 4) is 5.75 Å². The summed E-state index contributed by atoms with van der Waals surface area (Å²) in [5, 5.41) is 2.76. The molecule has 3 aromatic rings. The number of halogens is 1. The van der Waals surface area contributed by atoms with E-state index in [1.54, 1.807) is 24.3 Å². The smallest absolute Gasteiger partial charge is 0.259 e. The van der Waals surface area contributed by atoms with Crippen LogP contribution in [-0.4, -0.2) is 55.8 Å². The first-order valence-electron chi connectivity index (χ1n) is 12.0. The molecule has 1 saturated heterocycles. The summed E-state index contributed by atoms with van der Waals surface area (Å²) >= 11 is 0. The Hall–Kier alpha value is -3.80. The molecular formula is C27H29FN4O5S. The highest BCUT2D eigenvalue weighted by Gasteiger charge is 2.46. The van der Waals surface area contributed by atoms with E-state index in [1.165, 1.54) is 12.0 Å². The van der Waals surface area contributed by atoms with Gasteiger partial charge in [0.05, 0.1) is 18.4 Å². The number of carbonyl (C=O) groups excluding carboxylic acids is 2. The largest absolute Gasteiger partial charge is 0.497 e. The summed E-state index contributed by atoms with van der Waals surface area (Å²) < 4.78 is 46.6. The van der Waals surface area contributed by atoms with Gasteiger partial charge >= 0.3 is 0 Å². The summed E-state index contributed by atoms with van der Waals surface area (Å²) in [6.07, 6.45) is -1.47. The molecule has 1 atom stereocenters. The molecule has 1 heterocycles. The maximum absolute atomic E-state index is 13.5. The molecule has 200 valence electrons. The van der Waals surface area contributed by atoms with Gasteiger partial charge in [-0.3, -0.25) is 9.59 Å². The Kier molecular flexibility index (Phi) is 8.40. The molecule has 0 bridgehead atoms. The summed E-state index contributed by atoms with van der Waals surface area (Å²) in [6, 6.07) is 18.6. The van der Waals surface area contributed by atoms with Crippen LogP contribution in [0.1, 0.15) is 16.7 Å². The Morgan fingerprint density at radius 3 is 2.39 bits per heavy atom. The van der Waals surface area contributed by atoms with E-state index in [1.807, 2.05) is 24.3 Å². The molecule has 3 aromatic carbocycles. The predicted molar refractivity (Wildman–Crippen MR) is 139 cm³/mol. The van der Waals surface area contributed by atoms with Gasteiger partial charge < -0.3 is 20.7 Å². The van der Waals surface area contributed by atoms with E-state index >= 15 is 0 Å². The maximum Gasteiger partial charge on any atom is 0.259 e. The monoisotopic (exact) mass is 540 g/mol. The molecule has 0 aliphatic carbocycles. The van der Waals surface area contributed by atoms with E-state index in [4.69, 9.17) is 10.5 Å². The topological polar surface area (TPSA) is 122 Å². The number of nitrogens with one attached hydrogen (secondary N) is 1. The highest BCUT2D eigenvalue weighted by atomic mass is 32.2. The van der Waals surface area contributed by atoms with Crippen molar-refractivity contribution in [1.29, 1.82) is 0 Å². The second kappa shape index (κ2) is 11.7. The standard InChI is InChI=1S/C27H29FN4O5S/c1-37-23-7-3-4-19(15-23)16-25(33)31-12-13-32(38(35,36)24-10-8-22(28)9-11-24)27(31)26(34)30-18-21-6-2-5-20(14-21)17-29/h2-11,14-15,27H,12-13,16-18,29H2,1H3,(H,30,34). The first-order chi connectivity index (χ1) is 18.2. The van der Waals surface area contributed by atoms with Crippen molar-refractivity contribution >= 4 is 21.8 Å². The normalized spacial score (nSPS) is 15.9. The number of nitrogens with two attached hydrogens (primary N) is 1. The first kappa shape index (κ1) is 27.2. The Morgan fingerprint density at radius 2 is 1.68 bits per heavy atom. The number of amides is 2. The molecule has 1 aliphatic heterocycles. The highest BCUT2D eigenvalue weighted by Crippen LogP contribution is 2.26. The van der Waals surface area contributed by atoms with Gasteiger partial charge in [-0.05, 0) is 53.1 Å². The van der Waals surface area contributed by atoms with Gasteiger partial charge in [0.25, 0.3) is 5.91 Å². The minimum absolute atomic E-state index is 0.0178. The van der Waals surface area contributed by atoms with Crippen molar-refractivity contribution < 1.29 is 27.1 Å². The van der Waals surface area contributed by atoms with Crippen molar-refractivity contribution in [3.05, 3.63) is 95.3 Å². The van der Waals surface area contributed by atoms with Crippen LogP contribution < -0.4 is 15.8 Å². The number of ether oxygens (including phenoxy) is 1. The molecule has 0 radical (unpaired) electrons. The summed E-state index contributed by atoms with van der Waals surface area (Å²) in [5.41, 5.74) is 8.02. The zero-order valence-electron chi connectivity index (χ0n) is 20.8. The molecule has 9 nitrogen and oxygen atoms in total. The van der Waals surface area contributed by atoms with E-state index in [9.17, 15) is 22.4 Å². The number of nitrogens with zero attached hydrogens (tertiary/aromatic N) is 2. The lowest BCUT2D eigenvalue weighted by Gasteiger charge is -2.29. The summed E-state index contributed by atoms with van der Waals surface area (Å²) in [4.78, 5) is 27.9. The van der Waals surface area contributed by atoms with Crippen molar-refractivity contribution in [2.45, 2.75) is 30.6 Å². The SMILES string of the molecule is COc1cccc(CC(=O)N2CCN(S(=O)(=O)c3ccc(F)cc3)C2C(=O)NCc2cccc(CN)c2)c1. The Morgan fingerprint density at radius 1 is 1.00 bits per heavy atom. The van der Waals surface area contributed by atoms with E-state index < -0.39 is 33.8 Å². The van der Waals surface area contributed by atoms with Crippen molar-refractivity contribution in [3.63, 3.8) is 0 Å². The van der Waals surface area contributed by atoms with Crippen LogP contribution in [0, 0.1) is 5.82 Å². The minimum atomic E-state index is -4.22. The second-order valence-corrected chi connectivity index (χ2v) is 10.7. The van der Waals surface area contributed by atoms with E-state index in [0.717, 1.165) is 39.7 Å². The lowest BCUT2D eigenvalue weighted by Crippen LogP contribution is -2.53.